The maximum absolute atomic E-state index is 11.5. The van der Waals surface area contributed by atoms with E-state index >= 15 is 0 Å². The fourth-order valence-corrected chi connectivity index (χ4v) is 1.75. The molecule has 1 N–H and O–H groups in total. The molecule has 6 heteroatoms. The maximum atomic E-state index is 11.5. The van der Waals surface area contributed by atoms with Crippen molar-refractivity contribution in [1.82, 2.24) is 10.2 Å². The lowest BCUT2D eigenvalue weighted by molar-refractivity contribution is -0.115. The average molecular weight is 292 g/mol. The molecule has 84 valence electrons. The number of amides is 1. The van der Waals surface area contributed by atoms with Crippen LogP contribution in [0.25, 0.3) is 0 Å². The van der Waals surface area contributed by atoms with Crippen LogP contribution >= 0.6 is 27.3 Å². The molecule has 1 heterocycles. The van der Waals surface area contributed by atoms with Crippen molar-refractivity contribution in [2.75, 3.05) is 5.32 Å². The molecule has 15 heavy (non-hydrogen) atoms. The second-order valence-corrected chi connectivity index (χ2v) is 5.58. The molecule has 1 aromatic heterocycles. The van der Waals surface area contributed by atoms with Gasteiger partial charge in [0.05, 0.1) is 4.83 Å². The van der Waals surface area contributed by atoms with Gasteiger partial charge in [0.25, 0.3) is 0 Å². The average Bonchev–Trinajstić information content (AvgIpc) is 2.65. The fraction of sp³-hybridized carbons (Fsp3) is 0.667. The summed E-state index contributed by atoms with van der Waals surface area (Å²) in [7, 11) is 0. The zero-order chi connectivity index (χ0) is 11.4. The van der Waals surface area contributed by atoms with Crippen molar-refractivity contribution in [3.8, 4) is 0 Å². The molecule has 0 aliphatic carbocycles. The number of carbonyl (C=O) groups is 1. The van der Waals surface area contributed by atoms with Gasteiger partial charge in [0.1, 0.15) is 5.01 Å². The Morgan fingerprint density at radius 1 is 1.53 bits per heavy atom. The number of aromatic nitrogens is 2. The van der Waals surface area contributed by atoms with Gasteiger partial charge in [-0.05, 0) is 6.42 Å². The molecule has 0 unspecified atom stereocenters. The highest BCUT2D eigenvalue weighted by molar-refractivity contribution is 9.10. The van der Waals surface area contributed by atoms with Gasteiger partial charge in [-0.25, -0.2) is 0 Å². The highest BCUT2D eigenvalue weighted by atomic mass is 79.9. The molecule has 0 aromatic carbocycles. The van der Waals surface area contributed by atoms with Crippen LogP contribution in [0.5, 0.6) is 0 Å². The molecular formula is C9H14BrN3OS. The van der Waals surface area contributed by atoms with Crippen molar-refractivity contribution in [1.29, 1.82) is 0 Å². The number of alkyl halides is 1. The molecule has 4 nitrogen and oxygen atoms in total. The van der Waals surface area contributed by atoms with Crippen molar-refractivity contribution < 1.29 is 4.79 Å². The molecule has 0 aliphatic rings. The largest absolute Gasteiger partial charge is 0.300 e. The summed E-state index contributed by atoms with van der Waals surface area (Å²) in [4.78, 5) is 11.3. The Morgan fingerprint density at radius 3 is 2.67 bits per heavy atom. The van der Waals surface area contributed by atoms with Gasteiger partial charge in [-0.1, -0.05) is 48.0 Å². The molecule has 0 fully saturated rings. The summed E-state index contributed by atoms with van der Waals surface area (Å²) in [6, 6.07) is 0. The summed E-state index contributed by atoms with van der Waals surface area (Å²) in [6.07, 6.45) is 0.752. The van der Waals surface area contributed by atoms with Crippen molar-refractivity contribution in [3.05, 3.63) is 5.01 Å². The third-order valence-electron chi connectivity index (χ3n) is 1.81. The molecule has 1 atom stereocenters. The van der Waals surface area contributed by atoms with E-state index in [4.69, 9.17) is 0 Å². The normalized spacial score (nSPS) is 12.9. The first-order chi connectivity index (χ1) is 7.04. The topological polar surface area (TPSA) is 54.9 Å². The number of carbonyl (C=O) groups excluding carboxylic acids is 1. The van der Waals surface area contributed by atoms with Crippen LogP contribution in [-0.4, -0.2) is 20.9 Å². The molecule has 0 bridgehead atoms. The first kappa shape index (κ1) is 12.6. The number of halogens is 1. The van der Waals surface area contributed by atoms with Crippen LogP contribution in [0.3, 0.4) is 0 Å². The molecule has 1 aromatic rings. The van der Waals surface area contributed by atoms with Gasteiger partial charge in [0.2, 0.25) is 11.0 Å². The van der Waals surface area contributed by atoms with Gasteiger partial charge in [-0.2, -0.15) is 0 Å². The first-order valence-corrected chi connectivity index (χ1v) is 6.56. The summed E-state index contributed by atoms with van der Waals surface area (Å²) in [5, 5.41) is 12.1. The number of nitrogens with one attached hydrogen (secondary N) is 1. The van der Waals surface area contributed by atoms with Gasteiger partial charge in [-0.3, -0.25) is 10.1 Å². The summed E-state index contributed by atoms with van der Waals surface area (Å²) in [5.74, 6) is 0.281. The molecule has 0 spiro atoms. The Kier molecular flexibility index (Phi) is 4.66. The number of nitrogens with zero attached hydrogens (tertiary/aromatic N) is 2. The van der Waals surface area contributed by atoms with Gasteiger partial charge in [0.15, 0.2) is 0 Å². The Bertz CT molecular complexity index is 340. The summed E-state index contributed by atoms with van der Waals surface area (Å²) in [6.45, 7) is 6.04. The predicted molar refractivity (Wildman–Crippen MR) is 65.6 cm³/mol. The molecule has 0 saturated carbocycles. The van der Waals surface area contributed by atoms with Crippen molar-refractivity contribution >= 4 is 38.3 Å². The lowest BCUT2D eigenvalue weighted by atomic mass is 10.2. The van der Waals surface area contributed by atoms with E-state index in [0.29, 0.717) is 11.0 Å². The third kappa shape index (κ3) is 3.53. The Morgan fingerprint density at radius 2 is 2.20 bits per heavy atom. The molecule has 1 rings (SSSR count). The lowest BCUT2D eigenvalue weighted by Gasteiger charge is -2.04. The van der Waals surface area contributed by atoms with Gasteiger partial charge >= 0.3 is 0 Å². The monoisotopic (exact) mass is 291 g/mol. The van der Waals surface area contributed by atoms with Crippen LogP contribution in [0.4, 0.5) is 5.13 Å². The Hall–Kier alpha value is -0.490. The Labute approximate surface area is 102 Å². The van der Waals surface area contributed by atoms with Gasteiger partial charge < -0.3 is 0 Å². The zero-order valence-electron chi connectivity index (χ0n) is 8.95. The SMILES string of the molecule is CC[C@@H](Br)C(=O)Nc1nnc(C(C)C)s1. The smallest absolute Gasteiger partial charge is 0.239 e. The van der Waals surface area contributed by atoms with Crippen LogP contribution in [0, 0.1) is 0 Å². The second-order valence-electron chi connectivity index (χ2n) is 3.47. The van der Waals surface area contributed by atoms with E-state index in [1.807, 2.05) is 20.8 Å². The van der Waals surface area contributed by atoms with Gasteiger partial charge in [-0.15, -0.1) is 10.2 Å². The molecule has 0 radical (unpaired) electrons. The van der Waals surface area contributed by atoms with Crippen molar-refractivity contribution in [2.24, 2.45) is 0 Å². The number of hydrogen-bond donors (Lipinski definition) is 1. The zero-order valence-corrected chi connectivity index (χ0v) is 11.4. The minimum absolute atomic E-state index is 0.0658. The second kappa shape index (κ2) is 5.55. The standard InChI is InChI=1S/C9H14BrN3OS/c1-4-6(10)7(14)11-9-13-12-8(15-9)5(2)3/h5-6H,4H2,1-3H3,(H,11,13,14)/t6-/m1/s1. The van der Waals surface area contributed by atoms with Crippen LogP contribution < -0.4 is 5.32 Å². The minimum Gasteiger partial charge on any atom is -0.300 e. The predicted octanol–water partition coefficient (Wildman–Crippen LogP) is 2.77. The van der Waals surface area contributed by atoms with Crippen molar-refractivity contribution in [3.63, 3.8) is 0 Å². The molecular weight excluding hydrogens is 278 g/mol. The van der Waals surface area contributed by atoms with E-state index < -0.39 is 0 Å². The van der Waals surface area contributed by atoms with Crippen LogP contribution in [0.2, 0.25) is 0 Å². The van der Waals surface area contributed by atoms with Crippen molar-refractivity contribution in [2.45, 2.75) is 37.9 Å². The molecule has 0 saturated heterocycles. The fourth-order valence-electron chi connectivity index (χ4n) is 0.887. The quantitative estimate of drug-likeness (QED) is 0.868. The molecule has 1 amide bonds. The highest BCUT2D eigenvalue weighted by Crippen LogP contribution is 2.22. The van der Waals surface area contributed by atoms with E-state index in [9.17, 15) is 4.79 Å². The Balaban J connectivity index is 2.61. The molecule has 0 aliphatic heterocycles. The lowest BCUT2D eigenvalue weighted by Crippen LogP contribution is -2.21. The number of anilines is 1. The first-order valence-electron chi connectivity index (χ1n) is 4.83. The minimum atomic E-state index is -0.163. The van der Waals surface area contributed by atoms with Crippen LogP contribution in [0.15, 0.2) is 0 Å². The number of rotatable bonds is 4. The summed E-state index contributed by atoms with van der Waals surface area (Å²) in [5.41, 5.74) is 0. The van der Waals surface area contributed by atoms with E-state index in [1.54, 1.807) is 0 Å². The van der Waals surface area contributed by atoms with E-state index in [1.165, 1.54) is 11.3 Å². The third-order valence-corrected chi connectivity index (χ3v) is 4.01. The summed E-state index contributed by atoms with van der Waals surface area (Å²) >= 11 is 4.70. The van der Waals surface area contributed by atoms with Crippen LogP contribution in [0.1, 0.15) is 38.1 Å². The van der Waals surface area contributed by atoms with Gasteiger partial charge in [0, 0.05) is 5.92 Å². The highest BCUT2D eigenvalue weighted by Gasteiger charge is 2.15. The number of hydrogen-bond acceptors (Lipinski definition) is 4. The van der Waals surface area contributed by atoms with E-state index in [0.717, 1.165) is 11.4 Å². The van der Waals surface area contributed by atoms with E-state index in [-0.39, 0.29) is 10.7 Å². The maximum Gasteiger partial charge on any atom is 0.239 e. The van der Waals surface area contributed by atoms with E-state index in [2.05, 4.69) is 31.4 Å². The summed E-state index contributed by atoms with van der Waals surface area (Å²) < 4.78 is 0. The van der Waals surface area contributed by atoms with Crippen LogP contribution in [-0.2, 0) is 4.79 Å².